The first-order valence-corrected chi connectivity index (χ1v) is 14.3. The van der Waals surface area contributed by atoms with E-state index < -0.39 is 5.97 Å². The van der Waals surface area contributed by atoms with E-state index in [1.807, 2.05) is 26.1 Å². The molecule has 0 spiro atoms. The number of nitrogens with one attached hydrogen (secondary N) is 2. The predicted molar refractivity (Wildman–Crippen MR) is 156 cm³/mol. The zero-order valence-corrected chi connectivity index (χ0v) is 25.3. The molecule has 6 nitrogen and oxygen atoms in total. The van der Waals surface area contributed by atoms with Gasteiger partial charge in [-0.2, -0.15) is 0 Å². The largest absolute Gasteiger partial charge is 0.476 e. The highest BCUT2D eigenvalue weighted by molar-refractivity contribution is 5.94. The van der Waals surface area contributed by atoms with Crippen LogP contribution in [-0.4, -0.2) is 48.4 Å². The quantitative estimate of drug-likeness (QED) is 0.219. The molecule has 0 aromatic carbocycles. The monoisotopic (exact) mass is 525 g/mol. The Bertz CT molecular complexity index is 1090. The first-order valence-electron chi connectivity index (χ1n) is 14.3. The molecule has 2 aliphatic carbocycles. The zero-order valence-electron chi connectivity index (χ0n) is 25.3. The molecule has 1 aromatic rings. The van der Waals surface area contributed by atoms with Crippen molar-refractivity contribution < 1.29 is 14.6 Å². The summed E-state index contributed by atoms with van der Waals surface area (Å²) in [7, 11) is 1.98. The van der Waals surface area contributed by atoms with Gasteiger partial charge in [0.1, 0.15) is 0 Å². The van der Waals surface area contributed by atoms with Crippen LogP contribution in [0, 0.1) is 23.2 Å². The Kier molecular flexibility index (Phi) is 9.20. The zero-order chi connectivity index (χ0) is 28.4. The summed E-state index contributed by atoms with van der Waals surface area (Å²) in [6.45, 7) is 20.2. The molecule has 3 unspecified atom stereocenters. The van der Waals surface area contributed by atoms with E-state index >= 15 is 0 Å². The number of hydrogen-bond donors (Lipinski definition) is 3. The van der Waals surface area contributed by atoms with Crippen LogP contribution in [0.15, 0.2) is 29.5 Å². The van der Waals surface area contributed by atoms with Crippen LogP contribution in [0.3, 0.4) is 0 Å². The van der Waals surface area contributed by atoms with Crippen molar-refractivity contribution in [3.8, 4) is 0 Å². The third kappa shape index (κ3) is 7.26. The van der Waals surface area contributed by atoms with E-state index in [1.54, 1.807) is 0 Å². The van der Waals surface area contributed by atoms with Crippen LogP contribution < -0.4 is 10.6 Å². The van der Waals surface area contributed by atoms with Gasteiger partial charge in [-0.25, -0.2) is 9.78 Å². The number of allylic oxidation sites excluding steroid dienone is 4. The van der Waals surface area contributed by atoms with Gasteiger partial charge in [0.2, 0.25) is 0 Å². The van der Waals surface area contributed by atoms with E-state index in [9.17, 15) is 9.90 Å². The Morgan fingerprint density at radius 1 is 1.11 bits per heavy atom. The summed E-state index contributed by atoms with van der Waals surface area (Å²) in [6.07, 6.45) is 8.61. The Hall–Kier alpha value is -2.18. The third-order valence-corrected chi connectivity index (χ3v) is 8.48. The lowest BCUT2D eigenvalue weighted by atomic mass is 9.48. The molecule has 1 aromatic heterocycles. The molecule has 0 amide bonds. The minimum Gasteiger partial charge on any atom is -0.476 e. The maximum Gasteiger partial charge on any atom is 0.355 e. The molecule has 38 heavy (non-hydrogen) atoms. The van der Waals surface area contributed by atoms with Crippen molar-refractivity contribution in [2.45, 2.75) is 99.5 Å². The summed E-state index contributed by atoms with van der Waals surface area (Å²) < 4.78 is 6.74. The van der Waals surface area contributed by atoms with Crippen LogP contribution in [-0.2, 0) is 4.74 Å². The highest BCUT2D eigenvalue weighted by Crippen LogP contribution is 2.62. The van der Waals surface area contributed by atoms with Crippen molar-refractivity contribution in [3.05, 3.63) is 46.4 Å². The second-order valence-corrected chi connectivity index (χ2v) is 13.7. The number of aromatic carboxylic acids is 1. The first kappa shape index (κ1) is 30.4. The minimum atomic E-state index is -1.00. The fraction of sp³-hybridized carbons (Fsp3) is 0.688. The number of carboxylic acids is 1. The molecule has 0 aliphatic heterocycles. The second kappa shape index (κ2) is 11.5. The van der Waals surface area contributed by atoms with Gasteiger partial charge in [0.25, 0.3) is 0 Å². The molecule has 2 saturated carbocycles. The van der Waals surface area contributed by atoms with Crippen molar-refractivity contribution >= 4 is 11.5 Å². The lowest BCUT2D eigenvalue weighted by Gasteiger charge is -2.61. The average molecular weight is 526 g/mol. The van der Waals surface area contributed by atoms with Crippen LogP contribution >= 0.6 is 0 Å². The Morgan fingerprint density at radius 3 is 2.45 bits per heavy atom. The molecule has 2 bridgehead atoms. The summed E-state index contributed by atoms with van der Waals surface area (Å²) in [5, 5.41) is 16.9. The minimum absolute atomic E-state index is 0.0557. The number of carboxylic acid groups (broad SMARTS) is 1. The molecule has 2 fully saturated rings. The highest BCUT2D eigenvalue weighted by atomic mass is 16.5. The van der Waals surface area contributed by atoms with Crippen molar-refractivity contribution in [1.82, 2.24) is 15.6 Å². The van der Waals surface area contributed by atoms with Crippen molar-refractivity contribution in [3.63, 3.8) is 0 Å². The normalized spacial score (nSPS) is 29.6. The summed E-state index contributed by atoms with van der Waals surface area (Å²) in [6, 6.07) is 3.79. The number of likely N-dealkylation sites (N-methyl/N-ethyl adjacent to an activating group) is 1. The summed E-state index contributed by atoms with van der Waals surface area (Å²) in [4.78, 5) is 16.5. The molecule has 3 atom stereocenters. The van der Waals surface area contributed by atoms with Gasteiger partial charge >= 0.3 is 5.97 Å². The van der Waals surface area contributed by atoms with Gasteiger partial charge in [-0.1, -0.05) is 52.3 Å². The molecule has 0 radical (unpaired) electrons. The molecule has 212 valence electrons. The lowest BCUT2D eigenvalue weighted by Crippen LogP contribution is -2.58. The summed E-state index contributed by atoms with van der Waals surface area (Å²) >= 11 is 0. The third-order valence-electron chi connectivity index (χ3n) is 8.48. The average Bonchev–Trinajstić information content (AvgIpc) is 2.78. The van der Waals surface area contributed by atoms with E-state index in [4.69, 9.17) is 4.74 Å². The van der Waals surface area contributed by atoms with Crippen LogP contribution in [0.2, 0.25) is 0 Å². The van der Waals surface area contributed by atoms with Gasteiger partial charge < -0.3 is 20.5 Å². The van der Waals surface area contributed by atoms with Gasteiger partial charge in [0, 0.05) is 35.6 Å². The highest BCUT2D eigenvalue weighted by Gasteiger charge is 2.57. The predicted octanol–water partition coefficient (Wildman–Crippen LogP) is 6.76. The van der Waals surface area contributed by atoms with Gasteiger partial charge in [0.15, 0.2) is 5.69 Å². The standard InChI is InChI=1S/C32H51N3O3/c1-10-22(2)15-26(25-12-11-23(3)35-27(25)28(36)37)24(4)34-21-31(8)18-30(7)16-29(5,6)17-32(19-30,20-31)38-14-13-33-9/h11-12,15,33-34H,10,13-14,16-21H2,1-9H3,(H,36,37)/b22-15+,26-24+. The molecule has 6 heteroatoms. The first-order chi connectivity index (χ1) is 17.6. The summed E-state index contributed by atoms with van der Waals surface area (Å²) in [5.74, 6) is -1.00. The molecule has 3 N–H and O–H groups in total. The number of hydrogen-bond acceptors (Lipinski definition) is 5. The van der Waals surface area contributed by atoms with Gasteiger partial charge in [0.05, 0.1) is 12.2 Å². The second-order valence-electron chi connectivity index (χ2n) is 13.7. The van der Waals surface area contributed by atoms with Crippen LogP contribution in [0.1, 0.15) is 109 Å². The number of fused-ring (bicyclic) bond motifs is 2. The fourth-order valence-electron chi connectivity index (χ4n) is 7.88. The van der Waals surface area contributed by atoms with E-state index in [1.165, 1.54) is 12.0 Å². The molecule has 2 aliphatic rings. The van der Waals surface area contributed by atoms with Crippen LogP contribution in [0.5, 0.6) is 0 Å². The van der Waals surface area contributed by atoms with E-state index in [-0.39, 0.29) is 27.5 Å². The number of rotatable bonds is 11. The molecule has 0 saturated heterocycles. The smallest absolute Gasteiger partial charge is 0.355 e. The fourth-order valence-corrected chi connectivity index (χ4v) is 7.88. The van der Waals surface area contributed by atoms with Gasteiger partial charge in [-0.3, -0.25) is 0 Å². The molecule has 1 heterocycles. The van der Waals surface area contributed by atoms with Crippen LogP contribution in [0.25, 0.3) is 5.57 Å². The van der Waals surface area contributed by atoms with Crippen molar-refractivity contribution in [2.24, 2.45) is 16.2 Å². The van der Waals surface area contributed by atoms with Gasteiger partial charge in [-0.05, 0) is 88.7 Å². The Morgan fingerprint density at radius 2 is 1.82 bits per heavy atom. The van der Waals surface area contributed by atoms with Gasteiger partial charge in [-0.15, -0.1) is 0 Å². The molecule has 3 rings (SSSR count). The van der Waals surface area contributed by atoms with Crippen LogP contribution in [0.4, 0.5) is 0 Å². The Balaban J connectivity index is 1.95. The number of pyridine rings is 1. The van der Waals surface area contributed by atoms with E-state index in [0.717, 1.165) is 63.1 Å². The van der Waals surface area contributed by atoms with Crippen molar-refractivity contribution in [1.29, 1.82) is 0 Å². The van der Waals surface area contributed by atoms with Crippen molar-refractivity contribution in [2.75, 3.05) is 26.7 Å². The Labute approximate surface area is 230 Å². The SMILES string of the molecule is CC/C(C)=C/C(=C(/C)NCC1(C)CC2(C)CC(C)(C)CC(OCCNC)(C1)C2)c1ccc(C)nc1C(=O)O. The maximum atomic E-state index is 12.1. The van der Waals surface area contributed by atoms with E-state index in [0.29, 0.717) is 11.3 Å². The summed E-state index contributed by atoms with van der Waals surface area (Å²) in [5.41, 5.74) is 4.98. The maximum absolute atomic E-state index is 12.1. The number of aromatic nitrogens is 1. The topological polar surface area (TPSA) is 83.5 Å². The number of ether oxygens (including phenoxy) is 1. The number of nitrogens with zero attached hydrogens (tertiary/aromatic N) is 1. The van der Waals surface area contributed by atoms with E-state index in [2.05, 4.69) is 70.2 Å². The molecular formula is C32H51N3O3. The number of aryl methyl sites for hydroxylation is 1. The lowest BCUT2D eigenvalue weighted by molar-refractivity contribution is -0.189. The number of carbonyl (C=O) groups is 1. The molecular weight excluding hydrogens is 474 g/mol.